The van der Waals surface area contributed by atoms with Crippen LogP contribution in [0.2, 0.25) is 0 Å². The van der Waals surface area contributed by atoms with Crippen LogP contribution in [0.1, 0.15) is 41.6 Å². The largest absolute Gasteiger partial charge is 0.493 e. The Hall–Kier alpha value is -3.20. The Balaban J connectivity index is 1.43. The highest BCUT2D eigenvalue weighted by atomic mass is 16.5. The fourth-order valence-corrected chi connectivity index (χ4v) is 4.54. The Kier molecular flexibility index (Phi) is 5.30. The molecule has 0 N–H and O–H groups in total. The van der Waals surface area contributed by atoms with Crippen molar-refractivity contribution in [3.05, 3.63) is 53.6 Å². The van der Waals surface area contributed by atoms with E-state index in [0.717, 1.165) is 31.4 Å². The standard InChI is InChI=1S/C23H24N2O4/c1-27-21-10-5-16(11-22(21)28-2)23(26)29-20-12-18-8-9-19(13-20)25(18)17-6-3-15(14-24)4-7-17/h3-7,10-11,18-20H,8-9,12-13H2,1-2H3/t18-,19?,20?/m1/s1. The molecule has 0 spiro atoms. The zero-order valence-corrected chi connectivity index (χ0v) is 16.6. The van der Waals surface area contributed by atoms with Gasteiger partial charge in [0, 0.05) is 30.6 Å². The fourth-order valence-electron chi connectivity index (χ4n) is 4.54. The molecular weight excluding hydrogens is 368 g/mol. The molecule has 29 heavy (non-hydrogen) atoms. The van der Waals surface area contributed by atoms with Crippen LogP contribution in [0.5, 0.6) is 11.5 Å². The van der Waals surface area contributed by atoms with Gasteiger partial charge >= 0.3 is 5.97 Å². The minimum atomic E-state index is -0.331. The van der Waals surface area contributed by atoms with E-state index in [0.29, 0.717) is 34.7 Å². The molecule has 2 bridgehead atoms. The van der Waals surface area contributed by atoms with Crippen LogP contribution >= 0.6 is 0 Å². The SMILES string of the molecule is COc1ccc(C(=O)OC2CC3CC[C@H](C2)N3c2ccc(C#N)cc2)cc1OC. The maximum atomic E-state index is 12.7. The number of anilines is 1. The highest BCUT2D eigenvalue weighted by Crippen LogP contribution is 2.40. The lowest BCUT2D eigenvalue weighted by molar-refractivity contribution is 0.0204. The van der Waals surface area contributed by atoms with Gasteiger partial charge in [-0.3, -0.25) is 0 Å². The van der Waals surface area contributed by atoms with E-state index in [2.05, 4.69) is 11.0 Å². The van der Waals surface area contributed by atoms with Crippen LogP contribution in [0.25, 0.3) is 0 Å². The summed E-state index contributed by atoms with van der Waals surface area (Å²) >= 11 is 0. The molecular formula is C23H24N2O4. The van der Waals surface area contributed by atoms with Crippen LogP contribution in [0.4, 0.5) is 5.69 Å². The van der Waals surface area contributed by atoms with Gasteiger partial charge in [0.05, 0.1) is 31.4 Å². The number of carbonyl (C=O) groups excluding carboxylic acids is 1. The molecule has 150 valence electrons. The van der Waals surface area contributed by atoms with Gasteiger partial charge in [-0.1, -0.05) is 0 Å². The predicted octanol–water partition coefficient (Wildman–Crippen LogP) is 3.93. The molecule has 6 nitrogen and oxygen atoms in total. The van der Waals surface area contributed by atoms with Crippen molar-refractivity contribution >= 4 is 11.7 Å². The number of nitrogens with zero attached hydrogens (tertiary/aromatic N) is 2. The number of benzene rings is 2. The summed E-state index contributed by atoms with van der Waals surface area (Å²) < 4.78 is 16.4. The van der Waals surface area contributed by atoms with Gasteiger partial charge in [-0.2, -0.15) is 5.26 Å². The topological polar surface area (TPSA) is 71.8 Å². The molecule has 3 atom stereocenters. The van der Waals surface area contributed by atoms with E-state index in [-0.39, 0.29) is 12.1 Å². The van der Waals surface area contributed by atoms with Gasteiger partial charge in [-0.25, -0.2) is 4.79 Å². The van der Waals surface area contributed by atoms with E-state index in [1.807, 2.05) is 24.3 Å². The maximum Gasteiger partial charge on any atom is 0.338 e. The molecule has 4 rings (SSSR count). The van der Waals surface area contributed by atoms with Gasteiger partial charge in [0.15, 0.2) is 11.5 Å². The van der Waals surface area contributed by atoms with Gasteiger partial charge in [-0.05, 0) is 55.3 Å². The first kappa shape index (κ1) is 19.1. The lowest BCUT2D eigenvalue weighted by Crippen LogP contribution is -2.46. The fraction of sp³-hybridized carbons (Fsp3) is 0.391. The van der Waals surface area contributed by atoms with Gasteiger partial charge in [0.1, 0.15) is 6.10 Å². The van der Waals surface area contributed by atoms with Crippen molar-refractivity contribution in [3.63, 3.8) is 0 Å². The van der Waals surface area contributed by atoms with Crippen molar-refractivity contribution in [2.24, 2.45) is 0 Å². The van der Waals surface area contributed by atoms with E-state index < -0.39 is 0 Å². The first-order chi connectivity index (χ1) is 14.1. The van der Waals surface area contributed by atoms with Gasteiger partial charge in [0.2, 0.25) is 0 Å². The molecule has 2 aliphatic heterocycles. The molecule has 6 heteroatoms. The highest BCUT2D eigenvalue weighted by Gasteiger charge is 2.42. The average Bonchev–Trinajstić information content (AvgIpc) is 3.03. The van der Waals surface area contributed by atoms with Crippen LogP contribution in [0.3, 0.4) is 0 Å². The van der Waals surface area contributed by atoms with Crippen molar-refractivity contribution in [1.29, 1.82) is 5.26 Å². The van der Waals surface area contributed by atoms with Crippen molar-refractivity contribution < 1.29 is 19.0 Å². The second kappa shape index (κ2) is 8.04. The second-order valence-corrected chi connectivity index (χ2v) is 7.52. The van der Waals surface area contributed by atoms with Crippen LogP contribution < -0.4 is 14.4 Å². The third-order valence-corrected chi connectivity index (χ3v) is 5.88. The zero-order chi connectivity index (χ0) is 20.4. The minimum absolute atomic E-state index is 0.0947. The molecule has 2 unspecified atom stereocenters. The molecule has 2 aromatic carbocycles. The Bertz CT molecular complexity index is 921. The molecule has 2 aliphatic rings. The van der Waals surface area contributed by atoms with Gasteiger partial charge in [0.25, 0.3) is 0 Å². The molecule has 2 fully saturated rings. The lowest BCUT2D eigenvalue weighted by atomic mass is 9.98. The zero-order valence-electron chi connectivity index (χ0n) is 16.6. The number of carbonyl (C=O) groups is 1. The van der Waals surface area contributed by atoms with Crippen LogP contribution in [-0.4, -0.2) is 38.4 Å². The molecule has 0 aromatic heterocycles. The molecule has 0 saturated carbocycles. The van der Waals surface area contributed by atoms with Crippen LogP contribution in [0.15, 0.2) is 42.5 Å². The van der Waals surface area contributed by atoms with Crippen molar-refractivity contribution in [1.82, 2.24) is 0 Å². The summed E-state index contributed by atoms with van der Waals surface area (Å²) in [6.45, 7) is 0. The number of ether oxygens (including phenoxy) is 3. The number of piperidine rings is 1. The molecule has 2 heterocycles. The number of methoxy groups -OCH3 is 2. The summed E-state index contributed by atoms with van der Waals surface area (Å²) in [6, 6.07) is 15.7. The Morgan fingerprint density at radius 1 is 1.00 bits per heavy atom. The van der Waals surface area contributed by atoms with Crippen molar-refractivity contribution in [3.8, 4) is 17.6 Å². The van der Waals surface area contributed by atoms with Gasteiger partial charge < -0.3 is 19.1 Å². The quantitative estimate of drug-likeness (QED) is 0.718. The van der Waals surface area contributed by atoms with E-state index in [1.165, 1.54) is 0 Å². The number of esters is 1. The summed E-state index contributed by atoms with van der Waals surface area (Å²) in [5.41, 5.74) is 2.27. The van der Waals surface area contributed by atoms with Crippen LogP contribution in [0, 0.1) is 11.3 Å². The minimum Gasteiger partial charge on any atom is -0.493 e. The first-order valence-corrected chi connectivity index (χ1v) is 9.84. The Labute approximate surface area is 170 Å². The predicted molar refractivity (Wildman–Crippen MR) is 108 cm³/mol. The Morgan fingerprint density at radius 2 is 1.66 bits per heavy atom. The maximum absolute atomic E-state index is 12.7. The van der Waals surface area contributed by atoms with E-state index in [9.17, 15) is 4.79 Å². The summed E-state index contributed by atoms with van der Waals surface area (Å²) in [4.78, 5) is 15.1. The van der Waals surface area contributed by atoms with Crippen LogP contribution in [-0.2, 0) is 4.74 Å². The number of fused-ring (bicyclic) bond motifs is 2. The number of hydrogen-bond acceptors (Lipinski definition) is 6. The molecule has 0 amide bonds. The highest BCUT2D eigenvalue weighted by molar-refractivity contribution is 5.90. The average molecular weight is 392 g/mol. The number of rotatable bonds is 5. The second-order valence-electron chi connectivity index (χ2n) is 7.52. The summed E-state index contributed by atoms with van der Waals surface area (Å²) in [5, 5.41) is 9.00. The smallest absolute Gasteiger partial charge is 0.338 e. The molecule has 2 saturated heterocycles. The van der Waals surface area contributed by atoms with Crippen molar-refractivity contribution in [2.45, 2.75) is 43.9 Å². The number of nitriles is 1. The van der Waals surface area contributed by atoms with Crippen molar-refractivity contribution in [2.75, 3.05) is 19.1 Å². The lowest BCUT2D eigenvalue weighted by Gasteiger charge is -2.40. The summed E-state index contributed by atoms with van der Waals surface area (Å²) in [7, 11) is 3.11. The summed E-state index contributed by atoms with van der Waals surface area (Å²) in [5.74, 6) is 0.762. The third-order valence-electron chi connectivity index (χ3n) is 5.88. The number of hydrogen-bond donors (Lipinski definition) is 0. The molecule has 2 aromatic rings. The molecule has 0 radical (unpaired) electrons. The van der Waals surface area contributed by atoms with E-state index in [1.54, 1.807) is 32.4 Å². The normalized spacial score (nSPS) is 22.7. The Morgan fingerprint density at radius 3 is 2.24 bits per heavy atom. The van der Waals surface area contributed by atoms with Gasteiger partial charge in [-0.15, -0.1) is 0 Å². The van der Waals surface area contributed by atoms with E-state index in [4.69, 9.17) is 19.5 Å². The third kappa shape index (κ3) is 3.73. The molecule has 0 aliphatic carbocycles. The van der Waals surface area contributed by atoms with E-state index >= 15 is 0 Å². The summed E-state index contributed by atoms with van der Waals surface area (Å²) in [6.07, 6.45) is 3.72. The first-order valence-electron chi connectivity index (χ1n) is 9.84. The monoisotopic (exact) mass is 392 g/mol.